The third kappa shape index (κ3) is 7.12. The van der Waals surface area contributed by atoms with Gasteiger partial charge in [-0.3, -0.25) is 4.79 Å². The summed E-state index contributed by atoms with van der Waals surface area (Å²) in [4.78, 5) is 47.7. The van der Waals surface area contributed by atoms with E-state index in [1.54, 1.807) is 36.4 Å². The standard InChI is InChI=1S/C28H22O9/c29-24(28(33)35-17-27(32)37-23-12-10-19-6-2-4-8-21(19)14-23)15-25(30)34-16-26(31)36-22-11-9-18-5-1-3-7-20(18)13-22/h1-14,24,29H,15-17H2. The molecule has 4 aromatic carbocycles. The lowest BCUT2D eigenvalue weighted by Gasteiger charge is -2.11. The summed E-state index contributed by atoms with van der Waals surface area (Å²) in [6.07, 6.45) is -2.67. The summed E-state index contributed by atoms with van der Waals surface area (Å²) in [6, 6.07) is 25.1. The molecule has 0 heterocycles. The van der Waals surface area contributed by atoms with E-state index in [-0.39, 0.29) is 11.5 Å². The molecule has 0 saturated heterocycles. The maximum Gasteiger partial charge on any atom is 0.349 e. The largest absolute Gasteiger partial charge is 0.454 e. The van der Waals surface area contributed by atoms with Gasteiger partial charge in [0.05, 0.1) is 6.42 Å². The van der Waals surface area contributed by atoms with Crippen molar-refractivity contribution in [1.82, 2.24) is 0 Å². The third-order valence-corrected chi connectivity index (χ3v) is 5.22. The lowest BCUT2D eigenvalue weighted by Crippen LogP contribution is -2.30. The average molecular weight is 502 g/mol. The van der Waals surface area contributed by atoms with Crippen LogP contribution in [0.25, 0.3) is 21.5 Å². The van der Waals surface area contributed by atoms with Crippen LogP contribution in [0.4, 0.5) is 0 Å². The number of ether oxygens (including phenoxy) is 4. The van der Waals surface area contributed by atoms with Gasteiger partial charge in [-0.15, -0.1) is 0 Å². The van der Waals surface area contributed by atoms with Gasteiger partial charge < -0.3 is 24.1 Å². The summed E-state index contributed by atoms with van der Waals surface area (Å²) < 4.78 is 19.7. The number of benzene rings is 4. The summed E-state index contributed by atoms with van der Waals surface area (Å²) >= 11 is 0. The maximum atomic E-state index is 12.0. The highest BCUT2D eigenvalue weighted by Crippen LogP contribution is 2.21. The van der Waals surface area contributed by atoms with Gasteiger partial charge in [-0.25, -0.2) is 14.4 Å². The van der Waals surface area contributed by atoms with E-state index >= 15 is 0 Å². The van der Waals surface area contributed by atoms with Crippen LogP contribution in [0.5, 0.6) is 11.5 Å². The van der Waals surface area contributed by atoms with Crippen molar-refractivity contribution in [1.29, 1.82) is 0 Å². The number of carbonyl (C=O) groups is 4. The van der Waals surface area contributed by atoms with Crippen LogP contribution < -0.4 is 9.47 Å². The summed E-state index contributed by atoms with van der Waals surface area (Å²) in [5.41, 5.74) is 0. The number of aliphatic hydroxyl groups is 1. The highest BCUT2D eigenvalue weighted by atomic mass is 16.6. The van der Waals surface area contributed by atoms with Crippen molar-refractivity contribution < 1.29 is 43.2 Å². The number of esters is 4. The molecule has 188 valence electrons. The SMILES string of the molecule is O=C(CC(O)C(=O)OCC(=O)Oc1ccc2ccccc2c1)OCC(=O)Oc1ccc2ccccc2c1. The minimum absolute atomic E-state index is 0.263. The van der Waals surface area contributed by atoms with E-state index in [0.717, 1.165) is 21.5 Å². The van der Waals surface area contributed by atoms with Crippen molar-refractivity contribution in [2.75, 3.05) is 13.2 Å². The number of aliphatic hydroxyl groups excluding tert-OH is 1. The van der Waals surface area contributed by atoms with Crippen LogP contribution in [0, 0.1) is 0 Å². The molecule has 9 heteroatoms. The Bertz CT molecular complexity index is 1460. The Morgan fingerprint density at radius 3 is 1.57 bits per heavy atom. The second kappa shape index (κ2) is 11.8. The maximum absolute atomic E-state index is 12.0. The molecular formula is C28H22O9. The first-order chi connectivity index (χ1) is 17.9. The van der Waals surface area contributed by atoms with E-state index in [1.165, 1.54) is 0 Å². The lowest BCUT2D eigenvalue weighted by molar-refractivity contribution is -0.165. The third-order valence-electron chi connectivity index (χ3n) is 5.22. The van der Waals surface area contributed by atoms with Crippen molar-refractivity contribution in [3.8, 4) is 11.5 Å². The van der Waals surface area contributed by atoms with Gasteiger partial charge in [-0.2, -0.15) is 0 Å². The molecule has 9 nitrogen and oxygen atoms in total. The van der Waals surface area contributed by atoms with Gasteiger partial charge in [-0.1, -0.05) is 60.7 Å². The van der Waals surface area contributed by atoms with E-state index in [9.17, 15) is 24.3 Å². The first-order valence-corrected chi connectivity index (χ1v) is 11.3. The predicted octanol–water partition coefficient (Wildman–Crippen LogP) is 3.34. The van der Waals surface area contributed by atoms with Crippen LogP contribution in [0.15, 0.2) is 84.9 Å². The zero-order valence-corrected chi connectivity index (χ0v) is 19.5. The van der Waals surface area contributed by atoms with Crippen LogP contribution in [0.3, 0.4) is 0 Å². The number of fused-ring (bicyclic) bond motifs is 2. The Labute approximate surface area is 211 Å². The van der Waals surface area contributed by atoms with Crippen molar-refractivity contribution in [3.63, 3.8) is 0 Å². The molecule has 37 heavy (non-hydrogen) atoms. The number of carbonyl (C=O) groups excluding carboxylic acids is 4. The van der Waals surface area contributed by atoms with Crippen molar-refractivity contribution in [2.45, 2.75) is 12.5 Å². The molecule has 0 aliphatic rings. The second-order valence-corrected chi connectivity index (χ2v) is 7.95. The molecule has 0 aromatic heterocycles. The Morgan fingerprint density at radius 1 is 0.595 bits per heavy atom. The molecular weight excluding hydrogens is 480 g/mol. The molecule has 0 amide bonds. The van der Waals surface area contributed by atoms with Gasteiger partial charge in [0.25, 0.3) is 0 Å². The van der Waals surface area contributed by atoms with E-state index in [2.05, 4.69) is 0 Å². The molecule has 0 spiro atoms. The fourth-order valence-corrected chi connectivity index (χ4v) is 3.45. The number of rotatable bonds is 9. The fourth-order valence-electron chi connectivity index (χ4n) is 3.45. The van der Waals surface area contributed by atoms with Gasteiger partial charge in [0.1, 0.15) is 11.5 Å². The number of hydrogen-bond acceptors (Lipinski definition) is 9. The molecule has 0 saturated carbocycles. The monoisotopic (exact) mass is 502 g/mol. The molecule has 4 rings (SSSR count). The summed E-state index contributed by atoms with van der Waals surface area (Å²) in [6.45, 7) is -1.48. The van der Waals surface area contributed by atoms with Crippen LogP contribution >= 0.6 is 0 Å². The Hall–Kier alpha value is -4.76. The number of hydrogen-bond donors (Lipinski definition) is 1. The highest BCUT2D eigenvalue weighted by Gasteiger charge is 2.23. The Morgan fingerprint density at radius 2 is 1.05 bits per heavy atom. The van der Waals surface area contributed by atoms with E-state index in [0.29, 0.717) is 0 Å². The molecule has 0 aliphatic heterocycles. The highest BCUT2D eigenvalue weighted by molar-refractivity contribution is 5.87. The lowest BCUT2D eigenvalue weighted by atomic mass is 10.1. The molecule has 0 aliphatic carbocycles. The van der Waals surface area contributed by atoms with Gasteiger partial charge in [-0.05, 0) is 45.8 Å². The van der Waals surface area contributed by atoms with Gasteiger partial charge in [0.15, 0.2) is 19.3 Å². The van der Waals surface area contributed by atoms with Crippen LogP contribution in [-0.4, -0.2) is 48.3 Å². The molecule has 0 radical (unpaired) electrons. The molecule has 1 atom stereocenters. The van der Waals surface area contributed by atoms with Gasteiger partial charge in [0, 0.05) is 0 Å². The normalized spacial score (nSPS) is 11.5. The van der Waals surface area contributed by atoms with Gasteiger partial charge >= 0.3 is 23.9 Å². The molecule has 1 unspecified atom stereocenters. The van der Waals surface area contributed by atoms with E-state index in [4.69, 9.17) is 18.9 Å². The first-order valence-electron chi connectivity index (χ1n) is 11.3. The fraction of sp³-hybridized carbons (Fsp3) is 0.143. The van der Waals surface area contributed by atoms with Gasteiger partial charge in [0.2, 0.25) is 0 Å². The van der Waals surface area contributed by atoms with Crippen LogP contribution in [0.2, 0.25) is 0 Å². The Balaban J connectivity index is 1.17. The van der Waals surface area contributed by atoms with Crippen molar-refractivity contribution >= 4 is 45.4 Å². The van der Waals surface area contributed by atoms with Crippen LogP contribution in [-0.2, 0) is 28.7 Å². The minimum Gasteiger partial charge on any atom is -0.454 e. The molecule has 1 N–H and O–H groups in total. The molecule has 4 aromatic rings. The van der Waals surface area contributed by atoms with Crippen LogP contribution in [0.1, 0.15) is 6.42 Å². The summed E-state index contributed by atoms with van der Waals surface area (Å²) in [5, 5.41) is 13.5. The quantitative estimate of drug-likeness (QED) is 0.271. The smallest absolute Gasteiger partial charge is 0.349 e. The predicted molar refractivity (Wildman–Crippen MR) is 132 cm³/mol. The zero-order valence-electron chi connectivity index (χ0n) is 19.5. The van der Waals surface area contributed by atoms with E-state index < -0.39 is 49.6 Å². The average Bonchev–Trinajstić information content (AvgIpc) is 2.90. The first kappa shape index (κ1) is 25.3. The topological polar surface area (TPSA) is 125 Å². The summed E-state index contributed by atoms with van der Waals surface area (Å²) in [5.74, 6) is -3.41. The van der Waals surface area contributed by atoms with E-state index in [1.807, 2.05) is 48.5 Å². The molecule has 0 fully saturated rings. The minimum atomic E-state index is -1.89. The van der Waals surface area contributed by atoms with Crippen molar-refractivity contribution in [2.24, 2.45) is 0 Å². The van der Waals surface area contributed by atoms with Crippen molar-refractivity contribution in [3.05, 3.63) is 84.9 Å². The second-order valence-electron chi connectivity index (χ2n) is 7.95. The zero-order chi connectivity index (χ0) is 26.2. The Kier molecular flexibility index (Phi) is 8.07. The molecule has 0 bridgehead atoms. The summed E-state index contributed by atoms with van der Waals surface area (Å²) in [7, 11) is 0.